The quantitative estimate of drug-likeness (QED) is 0.557. The van der Waals surface area contributed by atoms with Gasteiger partial charge in [0.2, 0.25) is 5.91 Å². The largest absolute Gasteiger partial charge is 0.456 e. The lowest BCUT2D eigenvalue weighted by atomic mass is 9.94. The van der Waals surface area contributed by atoms with Crippen molar-refractivity contribution in [2.24, 2.45) is 0 Å². The first-order valence-electron chi connectivity index (χ1n) is 9.28. The van der Waals surface area contributed by atoms with Gasteiger partial charge >= 0.3 is 0 Å². The summed E-state index contributed by atoms with van der Waals surface area (Å²) in [6, 6.07) is 15.7. The van der Waals surface area contributed by atoms with Crippen molar-refractivity contribution < 1.29 is 9.53 Å². The van der Waals surface area contributed by atoms with Gasteiger partial charge in [0.25, 0.3) is 0 Å². The van der Waals surface area contributed by atoms with E-state index in [0.717, 1.165) is 50.5 Å². The van der Waals surface area contributed by atoms with E-state index < -0.39 is 0 Å². The fraction of sp³-hybridized carbons (Fsp3) is 0.208. The number of amides is 1. The van der Waals surface area contributed by atoms with Gasteiger partial charge in [-0.1, -0.05) is 17.7 Å². The first-order valence-corrected chi connectivity index (χ1v) is 9.28. The van der Waals surface area contributed by atoms with Crippen LogP contribution in [-0.4, -0.2) is 5.91 Å². The molecule has 3 N–H and O–H groups in total. The number of nitrogen functional groups attached to an aromatic ring is 1. The zero-order valence-corrected chi connectivity index (χ0v) is 17.0. The van der Waals surface area contributed by atoms with Gasteiger partial charge in [0.1, 0.15) is 11.5 Å². The van der Waals surface area contributed by atoms with Crippen LogP contribution in [0.2, 0.25) is 0 Å². The van der Waals surface area contributed by atoms with Crippen molar-refractivity contribution in [3.63, 3.8) is 0 Å². The van der Waals surface area contributed by atoms with Gasteiger partial charge in [-0.3, -0.25) is 4.79 Å². The minimum Gasteiger partial charge on any atom is -0.456 e. The van der Waals surface area contributed by atoms with Gasteiger partial charge in [0.15, 0.2) is 0 Å². The zero-order valence-electron chi connectivity index (χ0n) is 17.0. The van der Waals surface area contributed by atoms with Crippen molar-refractivity contribution in [2.45, 2.75) is 34.6 Å². The lowest BCUT2D eigenvalue weighted by molar-refractivity contribution is -0.114. The van der Waals surface area contributed by atoms with Gasteiger partial charge in [-0.15, -0.1) is 0 Å². The van der Waals surface area contributed by atoms with Crippen LogP contribution < -0.4 is 15.8 Å². The number of hydrogen-bond donors (Lipinski definition) is 2. The Kier molecular flexibility index (Phi) is 5.41. The van der Waals surface area contributed by atoms with E-state index in [4.69, 9.17) is 10.5 Å². The summed E-state index contributed by atoms with van der Waals surface area (Å²) < 4.78 is 6.28. The Morgan fingerprint density at radius 3 is 2.04 bits per heavy atom. The minimum absolute atomic E-state index is 0.101. The molecule has 28 heavy (non-hydrogen) atoms. The van der Waals surface area contributed by atoms with E-state index >= 15 is 0 Å². The maximum Gasteiger partial charge on any atom is 0.221 e. The normalized spacial score (nSPS) is 10.6. The van der Waals surface area contributed by atoms with E-state index in [2.05, 4.69) is 43.4 Å². The number of aryl methyl sites for hydroxylation is 4. The second kappa shape index (κ2) is 7.77. The van der Waals surface area contributed by atoms with Crippen LogP contribution in [0.15, 0.2) is 48.5 Å². The molecule has 0 fully saturated rings. The highest BCUT2D eigenvalue weighted by Crippen LogP contribution is 2.41. The molecule has 4 nitrogen and oxygen atoms in total. The number of nitrogens with one attached hydrogen (secondary N) is 1. The van der Waals surface area contributed by atoms with Gasteiger partial charge in [-0.2, -0.15) is 0 Å². The smallest absolute Gasteiger partial charge is 0.221 e. The molecule has 3 rings (SSSR count). The molecule has 0 saturated heterocycles. The van der Waals surface area contributed by atoms with Gasteiger partial charge in [0.05, 0.1) is 0 Å². The maximum atomic E-state index is 11.2. The molecule has 0 spiro atoms. The second-order valence-electron chi connectivity index (χ2n) is 7.31. The number of carbonyl (C=O) groups excluding carboxylic acids is 1. The standard InChI is InChI=1S/C24H26N2O2/c1-14-10-16(3)23(25)21(12-14)22-13-15(2)11-17(4)24(22)28-20-8-6-19(7-9-20)26-18(5)27/h6-13H,25H2,1-5H3,(H,26,27). The number of nitrogens with two attached hydrogens (primary N) is 1. The molecule has 0 atom stereocenters. The molecule has 0 aromatic heterocycles. The highest BCUT2D eigenvalue weighted by atomic mass is 16.5. The molecule has 0 heterocycles. The molecular formula is C24H26N2O2. The average Bonchev–Trinajstić information content (AvgIpc) is 2.61. The number of benzene rings is 3. The second-order valence-corrected chi connectivity index (χ2v) is 7.31. The van der Waals surface area contributed by atoms with Crippen LogP contribution in [0.3, 0.4) is 0 Å². The summed E-state index contributed by atoms with van der Waals surface area (Å²) in [7, 11) is 0. The number of carbonyl (C=O) groups is 1. The summed E-state index contributed by atoms with van der Waals surface area (Å²) in [5, 5.41) is 2.76. The summed E-state index contributed by atoms with van der Waals surface area (Å²) in [4.78, 5) is 11.2. The Labute approximate surface area is 166 Å². The van der Waals surface area contributed by atoms with Crippen LogP contribution in [0, 0.1) is 27.7 Å². The topological polar surface area (TPSA) is 64.3 Å². The molecule has 3 aromatic carbocycles. The Morgan fingerprint density at radius 2 is 1.43 bits per heavy atom. The van der Waals surface area contributed by atoms with E-state index in [9.17, 15) is 4.79 Å². The van der Waals surface area contributed by atoms with Crippen molar-refractivity contribution >= 4 is 17.3 Å². The maximum absolute atomic E-state index is 11.2. The Morgan fingerprint density at radius 1 is 0.857 bits per heavy atom. The SMILES string of the molecule is CC(=O)Nc1ccc(Oc2c(C)cc(C)cc2-c2cc(C)cc(C)c2N)cc1. The predicted molar refractivity (Wildman–Crippen MR) is 116 cm³/mol. The number of rotatable bonds is 4. The Hall–Kier alpha value is -3.27. The van der Waals surface area contributed by atoms with E-state index in [1.165, 1.54) is 6.92 Å². The van der Waals surface area contributed by atoms with Gasteiger partial charge in [0, 0.05) is 29.4 Å². The first-order chi connectivity index (χ1) is 13.2. The highest BCUT2D eigenvalue weighted by Gasteiger charge is 2.15. The highest BCUT2D eigenvalue weighted by molar-refractivity contribution is 5.88. The minimum atomic E-state index is -0.101. The van der Waals surface area contributed by atoms with E-state index in [1.54, 1.807) is 0 Å². The third kappa shape index (κ3) is 4.17. The lowest BCUT2D eigenvalue weighted by Crippen LogP contribution is -2.05. The van der Waals surface area contributed by atoms with Crippen molar-refractivity contribution in [1.82, 2.24) is 0 Å². The fourth-order valence-corrected chi connectivity index (χ4v) is 3.42. The molecule has 0 aliphatic rings. The fourth-order valence-electron chi connectivity index (χ4n) is 3.42. The molecule has 0 saturated carbocycles. The molecule has 0 unspecified atom stereocenters. The molecule has 1 amide bonds. The first kappa shape index (κ1) is 19.5. The number of anilines is 2. The molecule has 144 valence electrons. The van der Waals surface area contributed by atoms with Gasteiger partial charge in [-0.25, -0.2) is 0 Å². The van der Waals surface area contributed by atoms with Crippen molar-refractivity contribution in [1.29, 1.82) is 0 Å². The molecule has 4 heteroatoms. The third-order valence-electron chi connectivity index (χ3n) is 4.63. The van der Waals surface area contributed by atoms with Crippen LogP contribution in [0.25, 0.3) is 11.1 Å². The average molecular weight is 374 g/mol. The third-order valence-corrected chi connectivity index (χ3v) is 4.63. The van der Waals surface area contributed by atoms with Crippen molar-refractivity contribution in [2.75, 3.05) is 11.1 Å². The van der Waals surface area contributed by atoms with E-state index in [-0.39, 0.29) is 5.91 Å². The van der Waals surface area contributed by atoms with Crippen LogP contribution in [0.4, 0.5) is 11.4 Å². The van der Waals surface area contributed by atoms with Crippen LogP contribution in [0.5, 0.6) is 11.5 Å². The Bertz CT molecular complexity index is 1040. The lowest BCUT2D eigenvalue weighted by Gasteiger charge is -2.18. The monoisotopic (exact) mass is 374 g/mol. The van der Waals surface area contributed by atoms with Crippen molar-refractivity contribution in [3.05, 3.63) is 70.8 Å². The van der Waals surface area contributed by atoms with Crippen molar-refractivity contribution in [3.8, 4) is 22.6 Å². The summed E-state index contributed by atoms with van der Waals surface area (Å²) in [5.74, 6) is 1.38. The summed E-state index contributed by atoms with van der Waals surface area (Å²) in [6.45, 7) is 9.69. The molecular weight excluding hydrogens is 348 g/mol. The molecule has 0 aliphatic carbocycles. The summed E-state index contributed by atoms with van der Waals surface area (Å²) in [5.41, 5.74) is 14.3. The van der Waals surface area contributed by atoms with E-state index in [1.807, 2.05) is 38.1 Å². The predicted octanol–water partition coefficient (Wildman–Crippen LogP) is 5.92. The Balaban J connectivity index is 2.06. The van der Waals surface area contributed by atoms with Crippen LogP contribution >= 0.6 is 0 Å². The van der Waals surface area contributed by atoms with Gasteiger partial charge < -0.3 is 15.8 Å². The number of hydrogen-bond acceptors (Lipinski definition) is 3. The zero-order chi connectivity index (χ0) is 20.4. The summed E-state index contributed by atoms with van der Waals surface area (Å²) >= 11 is 0. The van der Waals surface area contributed by atoms with Gasteiger partial charge in [-0.05, 0) is 80.8 Å². The molecule has 0 aliphatic heterocycles. The molecule has 3 aromatic rings. The number of ether oxygens (including phenoxy) is 1. The van der Waals surface area contributed by atoms with Crippen LogP contribution in [-0.2, 0) is 4.79 Å². The molecule has 0 bridgehead atoms. The molecule has 0 radical (unpaired) electrons. The van der Waals surface area contributed by atoms with Crippen LogP contribution in [0.1, 0.15) is 29.2 Å². The summed E-state index contributed by atoms with van der Waals surface area (Å²) in [6.07, 6.45) is 0. The van der Waals surface area contributed by atoms with E-state index in [0.29, 0.717) is 5.75 Å².